The molecule has 1 N–H and O–H groups in total. The van der Waals surface area contributed by atoms with Crippen LogP contribution < -0.4 is 9.47 Å². The SMILES string of the molecule is COc1ccc(-c2cc(C(=O)O)n(-c3cccc([N+](=O)[O-])c3)n2)c(OC)c1. The maximum atomic E-state index is 11.7. The van der Waals surface area contributed by atoms with Gasteiger partial charge >= 0.3 is 5.97 Å². The van der Waals surface area contributed by atoms with Crippen LogP contribution in [0.1, 0.15) is 10.5 Å². The molecule has 0 amide bonds. The van der Waals surface area contributed by atoms with Crippen LogP contribution in [0.5, 0.6) is 11.5 Å². The summed E-state index contributed by atoms with van der Waals surface area (Å²) in [7, 11) is 3.00. The lowest BCUT2D eigenvalue weighted by Crippen LogP contribution is -2.08. The summed E-state index contributed by atoms with van der Waals surface area (Å²) in [6.45, 7) is 0. The number of aromatic nitrogens is 2. The molecule has 0 saturated carbocycles. The van der Waals surface area contributed by atoms with Crippen LogP contribution in [0.15, 0.2) is 48.5 Å². The fourth-order valence-electron chi connectivity index (χ4n) is 2.61. The molecule has 3 aromatic rings. The zero-order valence-corrected chi connectivity index (χ0v) is 14.4. The molecule has 0 aliphatic carbocycles. The third-order valence-electron chi connectivity index (χ3n) is 3.90. The molecule has 0 aliphatic heterocycles. The topological polar surface area (TPSA) is 117 Å². The summed E-state index contributed by atoms with van der Waals surface area (Å²) >= 11 is 0. The quantitative estimate of drug-likeness (QED) is 0.524. The van der Waals surface area contributed by atoms with E-state index in [1.165, 1.54) is 38.5 Å². The summed E-state index contributed by atoms with van der Waals surface area (Å²) in [5.41, 5.74) is 0.870. The molecule has 9 heteroatoms. The first-order valence-corrected chi connectivity index (χ1v) is 7.75. The highest BCUT2D eigenvalue weighted by molar-refractivity contribution is 5.88. The van der Waals surface area contributed by atoms with E-state index >= 15 is 0 Å². The number of ether oxygens (including phenoxy) is 2. The van der Waals surface area contributed by atoms with Gasteiger partial charge in [0.15, 0.2) is 5.69 Å². The Kier molecular flexibility index (Phi) is 4.75. The van der Waals surface area contributed by atoms with Gasteiger partial charge in [0.1, 0.15) is 11.5 Å². The number of nitro benzene ring substituents is 1. The Labute approximate surface area is 153 Å². The maximum Gasteiger partial charge on any atom is 0.354 e. The normalized spacial score (nSPS) is 10.4. The van der Waals surface area contributed by atoms with Crippen LogP contribution in [-0.2, 0) is 0 Å². The lowest BCUT2D eigenvalue weighted by Gasteiger charge is -2.08. The van der Waals surface area contributed by atoms with Gasteiger partial charge < -0.3 is 14.6 Å². The van der Waals surface area contributed by atoms with E-state index in [1.54, 1.807) is 24.3 Å². The Balaban J connectivity index is 2.16. The fourth-order valence-corrected chi connectivity index (χ4v) is 2.61. The van der Waals surface area contributed by atoms with Crippen molar-refractivity contribution in [2.45, 2.75) is 0 Å². The van der Waals surface area contributed by atoms with Crippen molar-refractivity contribution >= 4 is 11.7 Å². The lowest BCUT2D eigenvalue weighted by atomic mass is 10.1. The molecule has 9 nitrogen and oxygen atoms in total. The molecule has 1 aromatic heterocycles. The second kappa shape index (κ2) is 7.16. The average Bonchev–Trinajstić information content (AvgIpc) is 3.13. The van der Waals surface area contributed by atoms with Gasteiger partial charge in [-0.05, 0) is 24.3 Å². The minimum absolute atomic E-state index is 0.136. The summed E-state index contributed by atoms with van der Waals surface area (Å²) in [5, 5.41) is 24.9. The molecule has 0 fully saturated rings. The van der Waals surface area contributed by atoms with Gasteiger partial charge in [-0.2, -0.15) is 5.10 Å². The minimum Gasteiger partial charge on any atom is -0.497 e. The van der Waals surface area contributed by atoms with Gasteiger partial charge in [-0.15, -0.1) is 0 Å². The van der Waals surface area contributed by atoms with E-state index in [1.807, 2.05) is 0 Å². The number of benzene rings is 2. The lowest BCUT2D eigenvalue weighted by molar-refractivity contribution is -0.384. The fraction of sp³-hybridized carbons (Fsp3) is 0.111. The third-order valence-corrected chi connectivity index (χ3v) is 3.90. The van der Waals surface area contributed by atoms with Crippen LogP contribution >= 0.6 is 0 Å². The predicted octanol–water partition coefficient (Wildman–Crippen LogP) is 3.16. The summed E-state index contributed by atoms with van der Waals surface area (Å²) in [4.78, 5) is 22.1. The molecule has 2 aromatic carbocycles. The number of carbonyl (C=O) groups is 1. The van der Waals surface area contributed by atoms with E-state index in [9.17, 15) is 20.0 Å². The van der Waals surface area contributed by atoms with E-state index in [0.29, 0.717) is 22.8 Å². The molecule has 0 radical (unpaired) electrons. The Morgan fingerprint density at radius 3 is 2.56 bits per heavy atom. The molecule has 138 valence electrons. The van der Waals surface area contributed by atoms with E-state index < -0.39 is 10.9 Å². The highest BCUT2D eigenvalue weighted by atomic mass is 16.6. The van der Waals surface area contributed by atoms with E-state index in [-0.39, 0.29) is 17.1 Å². The second-order valence-corrected chi connectivity index (χ2v) is 5.47. The Morgan fingerprint density at radius 1 is 1.15 bits per heavy atom. The molecule has 0 bridgehead atoms. The Bertz CT molecular complexity index is 1030. The molecule has 0 unspecified atom stereocenters. The van der Waals surface area contributed by atoms with Crippen LogP contribution in [0.2, 0.25) is 0 Å². The zero-order chi connectivity index (χ0) is 19.6. The summed E-state index contributed by atoms with van der Waals surface area (Å²) in [5.74, 6) is -0.185. The smallest absolute Gasteiger partial charge is 0.354 e. The first-order valence-electron chi connectivity index (χ1n) is 7.75. The molecule has 27 heavy (non-hydrogen) atoms. The number of carboxylic acids is 1. The first-order chi connectivity index (χ1) is 12.9. The molecule has 0 atom stereocenters. The second-order valence-electron chi connectivity index (χ2n) is 5.47. The maximum absolute atomic E-state index is 11.7. The zero-order valence-electron chi connectivity index (χ0n) is 14.4. The number of hydrogen-bond donors (Lipinski definition) is 1. The largest absolute Gasteiger partial charge is 0.497 e. The molecular weight excluding hydrogens is 354 g/mol. The van der Waals surface area contributed by atoms with Crippen LogP contribution in [0, 0.1) is 10.1 Å². The van der Waals surface area contributed by atoms with Gasteiger partial charge in [-0.3, -0.25) is 10.1 Å². The summed E-state index contributed by atoms with van der Waals surface area (Å²) < 4.78 is 11.6. The highest BCUT2D eigenvalue weighted by Crippen LogP contribution is 2.33. The van der Waals surface area contributed by atoms with Crippen molar-refractivity contribution in [3.63, 3.8) is 0 Å². The number of methoxy groups -OCH3 is 2. The van der Waals surface area contributed by atoms with Crippen molar-refractivity contribution in [2.75, 3.05) is 14.2 Å². The number of aromatic carboxylic acids is 1. The number of hydrogen-bond acceptors (Lipinski definition) is 6. The summed E-state index contributed by atoms with van der Waals surface area (Å²) in [6.07, 6.45) is 0. The standard InChI is InChI=1S/C18H15N3O6/c1-26-13-6-7-14(17(9-13)27-2)15-10-16(18(22)23)20(19-15)11-4-3-5-12(8-11)21(24)25/h3-10H,1-2H3,(H,22,23). The molecule has 3 rings (SSSR count). The van der Waals surface area contributed by atoms with Crippen molar-refractivity contribution in [3.8, 4) is 28.4 Å². The number of nitrogens with zero attached hydrogens (tertiary/aromatic N) is 3. The van der Waals surface area contributed by atoms with Crippen molar-refractivity contribution < 1.29 is 24.3 Å². The van der Waals surface area contributed by atoms with Gasteiger partial charge in [0, 0.05) is 23.8 Å². The van der Waals surface area contributed by atoms with E-state index in [2.05, 4.69) is 5.10 Å². The van der Waals surface area contributed by atoms with E-state index in [4.69, 9.17) is 9.47 Å². The molecule has 0 saturated heterocycles. The molecule has 0 spiro atoms. The number of carboxylic acid groups (broad SMARTS) is 1. The van der Waals surface area contributed by atoms with Crippen LogP contribution in [-0.4, -0.2) is 40.0 Å². The average molecular weight is 369 g/mol. The van der Waals surface area contributed by atoms with Crippen molar-refractivity contribution in [3.05, 3.63) is 64.3 Å². The van der Waals surface area contributed by atoms with Gasteiger partial charge in [-0.25, -0.2) is 9.48 Å². The number of rotatable bonds is 6. The van der Waals surface area contributed by atoms with Gasteiger partial charge in [0.05, 0.1) is 30.5 Å². The van der Waals surface area contributed by atoms with Crippen molar-refractivity contribution in [2.24, 2.45) is 0 Å². The predicted molar refractivity (Wildman–Crippen MR) is 95.7 cm³/mol. The molecule has 1 heterocycles. The Morgan fingerprint density at radius 2 is 1.93 bits per heavy atom. The van der Waals surface area contributed by atoms with Crippen molar-refractivity contribution in [1.82, 2.24) is 9.78 Å². The third kappa shape index (κ3) is 3.43. The van der Waals surface area contributed by atoms with Crippen LogP contribution in [0.3, 0.4) is 0 Å². The number of nitro groups is 1. The highest BCUT2D eigenvalue weighted by Gasteiger charge is 2.20. The monoisotopic (exact) mass is 369 g/mol. The molecule has 0 aliphatic rings. The minimum atomic E-state index is -1.22. The van der Waals surface area contributed by atoms with Gasteiger partial charge in [-0.1, -0.05) is 6.07 Å². The van der Waals surface area contributed by atoms with Crippen LogP contribution in [0.25, 0.3) is 16.9 Å². The van der Waals surface area contributed by atoms with E-state index in [0.717, 1.165) is 4.68 Å². The van der Waals surface area contributed by atoms with Crippen LogP contribution in [0.4, 0.5) is 5.69 Å². The van der Waals surface area contributed by atoms with Gasteiger partial charge in [0.2, 0.25) is 0 Å². The molecular formula is C18H15N3O6. The first kappa shape index (κ1) is 17.9. The van der Waals surface area contributed by atoms with Gasteiger partial charge in [0.25, 0.3) is 5.69 Å². The van der Waals surface area contributed by atoms with Crippen molar-refractivity contribution in [1.29, 1.82) is 0 Å². The number of non-ortho nitro benzene ring substituents is 1. The summed E-state index contributed by atoms with van der Waals surface area (Å²) in [6, 6.07) is 12.0. The Hall–Kier alpha value is -3.88.